The summed E-state index contributed by atoms with van der Waals surface area (Å²) < 4.78 is 0. The summed E-state index contributed by atoms with van der Waals surface area (Å²) in [4.78, 5) is 42.3. The summed E-state index contributed by atoms with van der Waals surface area (Å²) in [6.45, 7) is 7.62. The summed E-state index contributed by atoms with van der Waals surface area (Å²) in [5.74, 6) is -0.906. The number of aliphatic hydroxyl groups is 1. The molecule has 180 valence electrons. The Bertz CT molecular complexity index is 1150. The molecule has 1 aromatic heterocycles. The van der Waals surface area contributed by atoms with Crippen LogP contribution in [0.15, 0.2) is 53.5 Å². The number of nitrogens with one attached hydrogen (secondary N) is 2. The summed E-state index contributed by atoms with van der Waals surface area (Å²) in [6, 6.07) is 10.6. The average molecular weight is 484 g/mol. The molecule has 8 heteroatoms. The van der Waals surface area contributed by atoms with Crippen molar-refractivity contribution in [2.24, 2.45) is 11.8 Å². The van der Waals surface area contributed by atoms with Crippen molar-refractivity contribution in [1.29, 1.82) is 0 Å². The van der Waals surface area contributed by atoms with Crippen LogP contribution in [-0.4, -0.2) is 34.0 Å². The Balaban J connectivity index is 1.76. The van der Waals surface area contributed by atoms with Gasteiger partial charge in [0.15, 0.2) is 5.43 Å². The van der Waals surface area contributed by atoms with E-state index in [9.17, 15) is 19.5 Å². The van der Waals surface area contributed by atoms with Crippen molar-refractivity contribution in [3.63, 3.8) is 0 Å². The lowest BCUT2D eigenvalue weighted by molar-refractivity contribution is -0.125. The zero-order valence-corrected chi connectivity index (χ0v) is 20.5. The molecule has 34 heavy (non-hydrogen) atoms. The van der Waals surface area contributed by atoms with Crippen LogP contribution < -0.4 is 16.1 Å². The first kappa shape index (κ1) is 25.6. The quantitative estimate of drug-likeness (QED) is 0.381. The predicted molar refractivity (Wildman–Crippen MR) is 132 cm³/mol. The van der Waals surface area contributed by atoms with Crippen molar-refractivity contribution in [1.82, 2.24) is 15.6 Å². The summed E-state index contributed by atoms with van der Waals surface area (Å²) in [7, 11) is 0. The molecule has 0 saturated carbocycles. The SMILES string of the molecule is CC(C)C[C@H](NC(=O)c1ccnc(Cl)c1)C(=O)N[C@@H](C(C)C)[C@@H](O)c1c(-c2ccccc2)c1=O. The summed E-state index contributed by atoms with van der Waals surface area (Å²) in [5.41, 5.74) is 1.66. The minimum atomic E-state index is -1.15. The van der Waals surface area contributed by atoms with Gasteiger partial charge < -0.3 is 15.7 Å². The number of carbonyl (C=O) groups excluding carboxylic acids is 2. The zero-order chi connectivity index (χ0) is 25.0. The van der Waals surface area contributed by atoms with Gasteiger partial charge >= 0.3 is 0 Å². The maximum absolute atomic E-state index is 13.2. The smallest absolute Gasteiger partial charge is 0.252 e. The Morgan fingerprint density at radius 3 is 2.32 bits per heavy atom. The topological polar surface area (TPSA) is 108 Å². The number of amides is 2. The van der Waals surface area contributed by atoms with Crippen molar-refractivity contribution in [3.05, 3.63) is 75.2 Å². The van der Waals surface area contributed by atoms with E-state index in [0.717, 1.165) is 5.56 Å². The molecule has 7 nitrogen and oxygen atoms in total. The van der Waals surface area contributed by atoms with E-state index < -0.39 is 30.0 Å². The molecule has 0 unspecified atom stereocenters. The van der Waals surface area contributed by atoms with Gasteiger partial charge in [-0.2, -0.15) is 0 Å². The molecule has 3 aromatic rings. The first-order valence-electron chi connectivity index (χ1n) is 11.3. The molecule has 0 bridgehead atoms. The van der Waals surface area contributed by atoms with Crippen molar-refractivity contribution in [2.75, 3.05) is 0 Å². The minimum absolute atomic E-state index is 0.122. The molecule has 2 amide bonds. The van der Waals surface area contributed by atoms with Crippen molar-refractivity contribution in [2.45, 2.75) is 52.3 Å². The van der Waals surface area contributed by atoms with E-state index in [2.05, 4.69) is 15.6 Å². The third kappa shape index (κ3) is 6.10. The number of rotatable bonds is 10. The summed E-state index contributed by atoms with van der Waals surface area (Å²) in [5, 5.41) is 16.8. The average Bonchev–Trinajstić information content (AvgIpc) is 3.47. The molecule has 3 atom stereocenters. The van der Waals surface area contributed by atoms with Crippen LogP contribution in [0.3, 0.4) is 0 Å². The van der Waals surface area contributed by atoms with Gasteiger partial charge in [-0.3, -0.25) is 14.4 Å². The van der Waals surface area contributed by atoms with E-state index in [1.54, 1.807) is 0 Å². The van der Waals surface area contributed by atoms with E-state index >= 15 is 0 Å². The third-order valence-electron chi connectivity index (χ3n) is 5.72. The predicted octanol–water partition coefficient (Wildman–Crippen LogP) is 3.66. The Kier molecular flexibility index (Phi) is 8.23. The molecule has 0 spiro atoms. The highest BCUT2D eigenvalue weighted by Crippen LogP contribution is 2.33. The van der Waals surface area contributed by atoms with Crippen molar-refractivity contribution >= 4 is 23.4 Å². The summed E-state index contributed by atoms with van der Waals surface area (Å²) in [6.07, 6.45) is 0.666. The molecule has 3 N–H and O–H groups in total. The highest BCUT2D eigenvalue weighted by Gasteiger charge is 2.37. The van der Waals surface area contributed by atoms with Gasteiger partial charge in [0.25, 0.3) is 5.91 Å². The maximum Gasteiger partial charge on any atom is 0.252 e. The zero-order valence-electron chi connectivity index (χ0n) is 19.7. The molecule has 0 fully saturated rings. The number of hydrogen-bond donors (Lipinski definition) is 3. The van der Waals surface area contributed by atoms with Crippen molar-refractivity contribution < 1.29 is 14.7 Å². The largest absolute Gasteiger partial charge is 0.386 e. The van der Waals surface area contributed by atoms with Gasteiger partial charge in [-0.05, 0) is 36.0 Å². The number of aromatic nitrogens is 1. The van der Waals surface area contributed by atoms with Crippen molar-refractivity contribution in [3.8, 4) is 11.1 Å². The van der Waals surface area contributed by atoms with E-state index in [-0.39, 0.29) is 22.4 Å². The molecular formula is C26H30ClN3O4. The normalized spacial score (nSPS) is 14.2. The lowest BCUT2D eigenvalue weighted by Crippen LogP contribution is -2.52. The number of halogens is 1. The van der Waals surface area contributed by atoms with Crippen LogP contribution in [-0.2, 0) is 4.79 Å². The lowest BCUT2D eigenvalue weighted by atomic mass is 9.94. The highest BCUT2D eigenvalue weighted by molar-refractivity contribution is 6.29. The minimum Gasteiger partial charge on any atom is -0.386 e. The van der Waals surface area contributed by atoms with Crippen LogP contribution in [0.4, 0.5) is 0 Å². The number of hydrogen-bond acceptors (Lipinski definition) is 5. The lowest BCUT2D eigenvalue weighted by Gasteiger charge is -2.29. The molecule has 0 aliphatic heterocycles. The second-order valence-electron chi connectivity index (χ2n) is 9.23. The van der Waals surface area contributed by atoms with Crippen LogP contribution in [0.25, 0.3) is 11.1 Å². The van der Waals surface area contributed by atoms with Crippen LogP contribution in [0.5, 0.6) is 0 Å². The van der Waals surface area contributed by atoms with E-state index in [4.69, 9.17) is 11.6 Å². The number of benzene rings is 1. The molecule has 0 radical (unpaired) electrons. The second kappa shape index (κ2) is 10.9. The molecule has 0 saturated heterocycles. The second-order valence-corrected chi connectivity index (χ2v) is 9.62. The Hall–Kier alpha value is -3.03. The maximum atomic E-state index is 13.2. The van der Waals surface area contributed by atoms with Gasteiger partial charge in [0, 0.05) is 22.9 Å². The summed E-state index contributed by atoms with van der Waals surface area (Å²) >= 11 is 5.88. The number of carbonyl (C=O) groups is 2. The first-order chi connectivity index (χ1) is 16.1. The van der Waals surface area contributed by atoms with Crippen LogP contribution in [0.1, 0.15) is 56.1 Å². The fourth-order valence-corrected chi connectivity index (χ4v) is 4.07. The molecule has 0 aliphatic carbocycles. The number of pyridine rings is 1. The third-order valence-corrected chi connectivity index (χ3v) is 5.93. The Morgan fingerprint density at radius 2 is 1.74 bits per heavy atom. The van der Waals surface area contributed by atoms with Gasteiger partial charge in [-0.1, -0.05) is 69.6 Å². The monoisotopic (exact) mass is 483 g/mol. The highest BCUT2D eigenvalue weighted by atomic mass is 35.5. The molecule has 3 rings (SSSR count). The fraction of sp³-hybridized carbons (Fsp3) is 0.385. The molecule has 1 heterocycles. The van der Waals surface area contributed by atoms with Gasteiger partial charge in [-0.25, -0.2) is 4.98 Å². The van der Waals surface area contributed by atoms with Gasteiger partial charge in [0.2, 0.25) is 5.91 Å². The molecule has 0 aliphatic rings. The van der Waals surface area contributed by atoms with Gasteiger partial charge in [0.05, 0.1) is 6.04 Å². The van der Waals surface area contributed by atoms with Crippen LogP contribution >= 0.6 is 11.6 Å². The Labute approximate surface area is 204 Å². The molecule has 2 aromatic carbocycles. The number of nitrogens with zero attached hydrogens (tertiary/aromatic N) is 1. The van der Waals surface area contributed by atoms with Gasteiger partial charge in [-0.15, -0.1) is 0 Å². The fourth-order valence-electron chi connectivity index (χ4n) is 3.90. The van der Waals surface area contributed by atoms with Crippen LogP contribution in [0.2, 0.25) is 5.15 Å². The van der Waals surface area contributed by atoms with E-state index in [1.165, 1.54) is 18.3 Å². The Morgan fingerprint density at radius 1 is 1.06 bits per heavy atom. The van der Waals surface area contributed by atoms with Gasteiger partial charge in [0.1, 0.15) is 17.3 Å². The standard InChI is InChI=1S/C26H30ClN3O4/c1-14(2)12-18(29-25(33)17-10-11-28-19(27)13-17)26(34)30-22(15(3)4)24(32)21-20(23(21)31)16-8-6-5-7-9-16/h5-11,13-15,18,22,24,32H,12H2,1-4H3,(H,29,33)(H,30,34)/t18-,22-,24-/m0/s1. The number of aliphatic hydroxyl groups excluding tert-OH is 1. The van der Waals surface area contributed by atoms with E-state index in [0.29, 0.717) is 23.1 Å². The molecular weight excluding hydrogens is 454 g/mol. The van der Waals surface area contributed by atoms with Crippen LogP contribution in [0, 0.1) is 11.8 Å². The van der Waals surface area contributed by atoms with E-state index in [1.807, 2.05) is 58.0 Å². The first-order valence-corrected chi connectivity index (χ1v) is 11.7.